The number of carbonyl (C=O) groups excluding carboxylic acids is 1. The van der Waals surface area contributed by atoms with Gasteiger partial charge in [-0.3, -0.25) is 4.79 Å². The van der Waals surface area contributed by atoms with Crippen molar-refractivity contribution in [2.75, 3.05) is 0 Å². The Balaban J connectivity index is 2.93. The molecule has 1 aliphatic carbocycles. The molecule has 2 unspecified atom stereocenters. The van der Waals surface area contributed by atoms with Crippen LogP contribution < -0.4 is 0 Å². The summed E-state index contributed by atoms with van der Waals surface area (Å²) in [5.41, 5.74) is -0.0552. The summed E-state index contributed by atoms with van der Waals surface area (Å²) in [5.74, 6) is 0.163. The van der Waals surface area contributed by atoms with Gasteiger partial charge in [0.2, 0.25) is 0 Å². The van der Waals surface area contributed by atoms with Crippen molar-refractivity contribution in [1.29, 1.82) is 0 Å². The Labute approximate surface area is 66.9 Å². The molecule has 1 N–H and O–H groups in total. The Morgan fingerprint density at radius 2 is 2.27 bits per heavy atom. The molecule has 0 radical (unpaired) electrons. The van der Waals surface area contributed by atoms with Crippen LogP contribution >= 0.6 is 0 Å². The van der Waals surface area contributed by atoms with Crippen LogP contribution in [0.1, 0.15) is 27.2 Å². The Kier molecular flexibility index (Phi) is 1.89. The summed E-state index contributed by atoms with van der Waals surface area (Å²) in [7, 11) is 0. The highest BCUT2D eigenvalue weighted by atomic mass is 16.3. The van der Waals surface area contributed by atoms with Crippen molar-refractivity contribution in [3.63, 3.8) is 0 Å². The fraction of sp³-hybridized carbons (Fsp3) is 0.667. The van der Waals surface area contributed by atoms with Gasteiger partial charge < -0.3 is 5.11 Å². The number of carbonyl (C=O) groups is 1. The maximum atomic E-state index is 11.1. The lowest BCUT2D eigenvalue weighted by atomic mass is 9.80. The summed E-state index contributed by atoms with van der Waals surface area (Å²) >= 11 is 0. The third kappa shape index (κ3) is 1.51. The number of hydrogen-bond donors (Lipinski definition) is 1. The smallest absolute Gasteiger partial charge is 0.186 e. The highest BCUT2D eigenvalue weighted by Crippen LogP contribution is 2.28. The van der Waals surface area contributed by atoms with Crippen LogP contribution in [0, 0.1) is 5.92 Å². The SMILES string of the molecule is CC1=CC(=O)C(C)(O)CC1C. The van der Waals surface area contributed by atoms with Gasteiger partial charge in [0.25, 0.3) is 0 Å². The molecule has 0 fully saturated rings. The van der Waals surface area contributed by atoms with Crippen LogP contribution in [-0.4, -0.2) is 16.5 Å². The molecule has 1 rings (SSSR count). The zero-order valence-electron chi connectivity index (χ0n) is 7.22. The summed E-state index contributed by atoms with van der Waals surface area (Å²) in [6, 6.07) is 0. The summed E-state index contributed by atoms with van der Waals surface area (Å²) in [6.07, 6.45) is 2.10. The van der Waals surface area contributed by atoms with Crippen molar-refractivity contribution in [3.05, 3.63) is 11.6 Å². The first-order valence-electron chi connectivity index (χ1n) is 3.88. The van der Waals surface area contributed by atoms with Gasteiger partial charge in [0, 0.05) is 0 Å². The van der Waals surface area contributed by atoms with Crippen LogP contribution in [0.4, 0.5) is 0 Å². The van der Waals surface area contributed by atoms with Crippen molar-refractivity contribution < 1.29 is 9.90 Å². The van der Waals surface area contributed by atoms with E-state index in [4.69, 9.17) is 0 Å². The summed E-state index contributed by atoms with van der Waals surface area (Å²) in [4.78, 5) is 11.1. The van der Waals surface area contributed by atoms with E-state index in [1.807, 2.05) is 13.8 Å². The van der Waals surface area contributed by atoms with Gasteiger partial charge in [0.15, 0.2) is 5.78 Å². The predicted octanol–water partition coefficient (Wildman–Crippen LogP) is 1.29. The van der Waals surface area contributed by atoms with Crippen molar-refractivity contribution in [3.8, 4) is 0 Å². The molecule has 1 aliphatic rings. The van der Waals surface area contributed by atoms with Crippen LogP contribution in [-0.2, 0) is 4.79 Å². The zero-order chi connectivity index (χ0) is 8.65. The minimum Gasteiger partial charge on any atom is -0.382 e. The molecule has 0 aromatic carbocycles. The number of rotatable bonds is 0. The topological polar surface area (TPSA) is 37.3 Å². The van der Waals surface area contributed by atoms with Crippen molar-refractivity contribution >= 4 is 5.78 Å². The molecule has 0 aromatic heterocycles. The van der Waals surface area contributed by atoms with Gasteiger partial charge in [-0.1, -0.05) is 12.5 Å². The first-order valence-corrected chi connectivity index (χ1v) is 3.88. The molecule has 0 aromatic rings. The quantitative estimate of drug-likeness (QED) is 0.571. The Morgan fingerprint density at radius 3 is 2.73 bits per heavy atom. The Morgan fingerprint density at radius 1 is 1.73 bits per heavy atom. The van der Waals surface area contributed by atoms with Crippen molar-refractivity contribution in [2.24, 2.45) is 5.92 Å². The van der Waals surface area contributed by atoms with Gasteiger partial charge in [-0.25, -0.2) is 0 Å². The standard InChI is InChI=1S/C9H14O2/c1-6-4-8(10)9(3,11)5-7(6)2/h4,7,11H,5H2,1-3H3. The van der Waals surface area contributed by atoms with Gasteiger partial charge in [-0.15, -0.1) is 0 Å². The molecule has 62 valence electrons. The lowest BCUT2D eigenvalue weighted by Crippen LogP contribution is -2.39. The fourth-order valence-corrected chi connectivity index (χ4v) is 1.36. The number of hydrogen-bond acceptors (Lipinski definition) is 2. The molecular weight excluding hydrogens is 140 g/mol. The maximum absolute atomic E-state index is 11.1. The molecule has 2 heteroatoms. The fourth-order valence-electron chi connectivity index (χ4n) is 1.36. The second kappa shape index (κ2) is 2.45. The van der Waals surface area contributed by atoms with E-state index in [2.05, 4.69) is 0 Å². The minimum absolute atomic E-state index is 0.159. The first-order chi connectivity index (χ1) is 4.93. The molecule has 0 amide bonds. The molecule has 0 heterocycles. The number of aliphatic hydroxyl groups is 1. The second-order valence-electron chi connectivity index (χ2n) is 3.63. The van der Waals surface area contributed by atoms with E-state index in [0.29, 0.717) is 12.3 Å². The summed E-state index contributed by atoms with van der Waals surface area (Å²) in [6.45, 7) is 5.53. The molecular formula is C9H14O2. The van der Waals surface area contributed by atoms with Gasteiger partial charge in [-0.05, 0) is 32.3 Å². The molecule has 0 aliphatic heterocycles. The minimum atomic E-state index is -1.13. The molecule has 11 heavy (non-hydrogen) atoms. The summed E-state index contributed by atoms with van der Waals surface area (Å²) in [5, 5.41) is 9.54. The number of ketones is 1. The van der Waals surface area contributed by atoms with Crippen molar-refractivity contribution in [1.82, 2.24) is 0 Å². The van der Waals surface area contributed by atoms with Crippen molar-refractivity contribution in [2.45, 2.75) is 32.8 Å². The monoisotopic (exact) mass is 154 g/mol. The van der Waals surface area contributed by atoms with Gasteiger partial charge in [0.05, 0.1) is 0 Å². The molecule has 0 saturated heterocycles. The average Bonchev–Trinajstić information content (AvgIpc) is 1.83. The third-order valence-corrected chi connectivity index (χ3v) is 2.37. The van der Waals surface area contributed by atoms with Crippen LogP contribution in [0.25, 0.3) is 0 Å². The van der Waals surface area contributed by atoms with Crippen LogP contribution in [0.3, 0.4) is 0 Å². The normalized spacial score (nSPS) is 38.7. The van der Waals surface area contributed by atoms with Crippen LogP contribution in [0.2, 0.25) is 0 Å². The molecule has 0 spiro atoms. The number of allylic oxidation sites excluding steroid dienone is 1. The van der Waals surface area contributed by atoms with E-state index in [-0.39, 0.29) is 5.78 Å². The molecule has 0 bridgehead atoms. The second-order valence-corrected chi connectivity index (χ2v) is 3.63. The van der Waals surface area contributed by atoms with Crippen LogP contribution in [0.15, 0.2) is 11.6 Å². The van der Waals surface area contributed by atoms with Gasteiger partial charge in [0.1, 0.15) is 5.60 Å². The van der Waals surface area contributed by atoms with Crippen LogP contribution in [0.5, 0.6) is 0 Å². The van der Waals surface area contributed by atoms with Gasteiger partial charge in [-0.2, -0.15) is 0 Å². The van der Waals surface area contributed by atoms with E-state index < -0.39 is 5.60 Å². The lowest BCUT2D eigenvalue weighted by molar-refractivity contribution is -0.132. The Hall–Kier alpha value is -0.630. The highest BCUT2D eigenvalue weighted by Gasteiger charge is 2.34. The average molecular weight is 154 g/mol. The molecule has 2 atom stereocenters. The van der Waals surface area contributed by atoms with E-state index in [1.54, 1.807) is 13.0 Å². The van der Waals surface area contributed by atoms with Gasteiger partial charge >= 0.3 is 0 Å². The molecule has 2 nitrogen and oxygen atoms in total. The van der Waals surface area contributed by atoms with E-state index in [9.17, 15) is 9.90 Å². The molecule has 0 saturated carbocycles. The van der Waals surface area contributed by atoms with E-state index in [0.717, 1.165) is 5.57 Å². The Bertz CT molecular complexity index is 214. The maximum Gasteiger partial charge on any atom is 0.186 e. The highest BCUT2D eigenvalue weighted by molar-refractivity contribution is 5.97. The third-order valence-electron chi connectivity index (χ3n) is 2.37. The summed E-state index contributed by atoms with van der Waals surface area (Å²) < 4.78 is 0. The first kappa shape index (κ1) is 8.47. The zero-order valence-corrected chi connectivity index (χ0v) is 7.22. The van der Waals surface area contributed by atoms with E-state index in [1.165, 1.54) is 0 Å². The largest absolute Gasteiger partial charge is 0.382 e. The lowest BCUT2D eigenvalue weighted by Gasteiger charge is -2.29. The van der Waals surface area contributed by atoms with E-state index >= 15 is 0 Å². The predicted molar refractivity (Wildman–Crippen MR) is 43.2 cm³/mol.